The third-order valence-corrected chi connectivity index (χ3v) is 3.03. The van der Waals surface area contributed by atoms with Crippen LogP contribution in [0.4, 0.5) is 0 Å². The van der Waals surface area contributed by atoms with Crippen LogP contribution in [0.25, 0.3) is 0 Å². The number of fused-ring (bicyclic) bond motifs is 1. The molecule has 3 rings (SSSR count). The predicted molar refractivity (Wildman–Crippen MR) is 63.0 cm³/mol. The summed E-state index contributed by atoms with van der Waals surface area (Å²) in [7, 11) is 0. The summed E-state index contributed by atoms with van der Waals surface area (Å²) in [5.74, 6) is 1.64. The van der Waals surface area contributed by atoms with Crippen molar-refractivity contribution in [3.05, 3.63) is 34.8 Å². The normalized spacial score (nSPS) is 12.9. The van der Waals surface area contributed by atoms with Crippen LogP contribution in [0, 0.1) is 0 Å². The van der Waals surface area contributed by atoms with Crippen LogP contribution in [0.15, 0.2) is 23.6 Å². The molecule has 0 radical (unpaired) electrons. The molecule has 0 saturated carbocycles. The van der Waals surface area contributed by atoms with Crippen molar-refractivity contribution in [3.63, 3.8) is 0 Å². The number of aromatic nitrogens is 2. The average molecular weight is 249 g/mol. The quantitative estimate of drug-likeness (QED) is 0.891. The second-order valence-corrected chi connectivity index (χ2v) is 4.30. The summed E-state index contributed by atoms with van der Waals surface area (Å²) in [5, 5.41) is 9.21. The first-order valence-electron chi connectivity index (χ1n) is 5.27. The van der Waals surface area contributed by atoms with E-state index >= 15 is 0 Å². The molecule has 2 heterocycles. The second-order valence-electron chi connectivity index (χ2n) is 3.69. The van der Waals surface area contributed by atoms with E-state index in [1.807, 2.05) is 23.6 Å². The minimum absolute atomic E-state index is 0.316. The van der Waals surface area contributed by atoms with Crippen LogP contribution in [0.5, 0.6) is 11.5 Å². The van der Waals surface area contributed by atoms with E-state index < -0.39 is 0 Å². The highest BCUT2D eigenvalue weighted by Gasteiger charge is 2.12. The molecular weight excluding hydrogens is 238 g/mol. The molecule has 0 bridgehead atoms. The molecule has 1 aromatic heterocycles. The van der Waals surface area contributed by atoms with Gasteiger partial charge in [0.05, 0.1) is 5.69 Å². The summed E-state index contributed by atoms with van der Waals surface area (Å²) in [4.78, 5) is 0. The lowest BCUT2D eigenvalue weighted by molar-refractivity contribution is 0.174. The third kappa shape index (κ3) is 2.37. The van der Waals surface area contributed by atoms with E-state index in [0.717, 1.165) is 35.8 Å². The largest absolute Gasteiger partial charge is 0.454 e. The van der Waals surface area contributed by atoms with Gasteiger partial charge in [-0.3, -0.25) is 0 Å². The molecule has 2 aromatic rings. The number of hydrogen-bond donors (Lipinski definition) is 1. The van der Waals surface area contributed by atoms with E-state index in [9.17, 15) is 0 Å². The minimum Gasteiger partial charge on any atom is -0.454 e. The van der Waals surface area contributed by atoms with Gasteiger partial charge in [0.2, 0.25) is 6.79 Å². The first kappa shape index (κ1) is 10.5. The second kappa shape index (κ2) is 4.68. The van der Waals surface area contributed by atoms with Gasteiger partial charge in [-0.15, -0.1) is 5.10 Å². The van der Waals surface area contributed by atoms with Gasteiger partial charge >= 0.3 is 0 Å². The molecule has 1 aliphatic heterocycles. The fourth-order valence-electron chi connectivity index (χ4n) is 1.65. The standard InChI is InChI=1S/C11H11N3O2S/c1-2-10-11(16-7-15-10)3-8(1)4-12-5-9-6-17-14-13-9/h1-3,6,12H,4-5,7H2. The first-order chi connectivity index (χ1) is 8.42. The van der Waals surface area contributed by atoms with Crippen LogP contribution in [0.2, 0.25) is 0 Å². The summed E-state index contributed by atoms with van der Waals surface area (Å²) in [6, 6.07) is 5.96. The lowest BCUT2D eigenvalue weighted by atomic mass is 10.2. The van der Waals surface area contributed by atoms with E-state index in [2.05, 4.69) is 14.9 Å². The van der Waals surface area contributed by atoms with Gasteiger partial charge in [-0.05, 0) is 29.2 Å². The topological polar surface area (TPSA) is 56.3 Å². The summed E-state index contributed by atoms with van der Waals surface area (Å²) >= 11 is 1.36. The number of hydrogen-bond acceptors (Lipinski definition) is 6. The van der Waals surface area contributed by atoms with Gasteiger partial charge in [-0.2, -0.15) is 0 Å². The molecule has 5 nitrogen and oxygen atoms in total. The summed E-state index contributed by atoms with van der Waals surface area (Å²) < 4.78 is 14.4. The van der Waals surface area contributed by atoms with Crippen LogP contribution in [-0.2, 0) is 13.1 Å². The molecule has 0 fully saturated rings. The molecule has 0 spiro atoms. The molecular formula is C11H11N3O2S. The molecule has 88 valence electrons. The Morgan fingerprint density at radius 2 is 2.18 bits per heavy atom. The number of ether oxygens (including phenoxy) is 2. The van der Waals surface area contributed by atoms with Crippen LogP contribution < -0.4 is 14.8 Å². The molecule has 0 amide bonds. The van der Waals surface area contributed by atoms with Crippen LogP contribution >= 0.6 is 11.5 Å². The van der Waals surface area contributed by atoms with Crippen molar-refractivity contribution in [2.45, 2.75) is 13.1 Å². The average Bonchev–Trinajstić information content (AvgIpc) is 2.98. The van der Waals surface area contributed by atoms with Gasteiger partial charge in [-0.25, -0.2) is 0 Å². The van der Waals surface area contributed by atoms with Crippen LogP contribution in [-0.4, -0.2) is 16.4 Å². The Morgan fingerprint density at radius 3 is 3.06 bits per heavy atom. The monoisotopic (exact) mass is 249 g/mol. The van der Waals surface area contributed by atoms with E-state index in [1.54, 1.807) is 0 Å². The van der Waals surface area contributed by atoms with Crippen molar-refractivity contribution in [1.82, 2.24) is 14.9 Å². The third-order valence-electron chi connectivity index (χ3n) is 2.48. The first-order valence-corrected chi connectivity index (χ1v) is 6.10. The summed E-state index contributed by atoms with van der Waals surface area (Å²) in [6.45, 7) is 1.82. The van der Waals surface area contributed by atoms with E-state index in [1.165, 1.54) is 11.5 Å². The molecule has 0 aliphatic carbocycles. The van der Waals surface area contributed by atoms with Crippen LogP contribution in [0.1, 0.15) is 11.3 Å². The molecule has 0 atom stereocenters. The van der Waals surface area contributed by atoms with Crippen molar-refractivity contribution in [2.24, 2.45) is 0 Å². The Labute approximate surface area is 103 Å². The van der Waals surface area contributed by atoms with Gasteiger partial charge in [-0.1, -0.05) is 10.6 Å². The van der Waals surface area contributed by atoms with Crippen molar-refractivity contribution in [2.75, 3.05) is 6.79 Å². The number of benzene rings is 1. The predicted octanol–water partition coefficient (Wildman–Crippen LogP) is 1.56. The highest BCUT2D eigenvalue weighted by molar-refractivity contribution is 7.03. The minimum atomic E-state index is 0.316. The Balaban J connectivity index is 1.58. The highest BCUT2D eigenvalue weighted by atomic mass is 32.1. The zero-order valence-corrected chi connectivity index (χ0v) is 9.87. The zero-order valence-electron chi connectivity index (χ0n) is 9.05. The maximum absolute atomic E-state index is 5.32. The molecule has 0 unspecified atom stereocenters. The Bertz CT molecular complexity index is 501. The fourth-order valence-corrected chi connectivity index (χ4v) is 2.10. The molecule has 6 heteroatoms. The Hall–Kier alpha value is -1.66. The van der Waals surface area contributed by atoms with E-state index in [4.69, 9.17) is 9.47 Å². The highest BCUT2D eigenvalue weighted by Crippen LogP contribution is 2.32. The SMILES string of the molecule is c1cc2c(cc1CNCc1csnn1)OCO2. The fraction of sp³-hybridized carbons (Fsp3) is 0.273. The van der Waals surface area contributed by atoms with Gasteiger partial charge in [0.15, 0.2) is 11.5 Å². The van der Waals surface area contributed by atoms with Crippen molar-refractivity contribution in [3.8, 4) is 11.5 Å². The van der Waals surface area contributed by atoms with Crippen molar-refractivity contribution in [1.29, 1.82) is 0 Å². The smallest absolute Gasteiger partial charge is 0.231 e. The van der Waals surface area contributed by atoms with E-state index in [0.29, 0.717) is 6.79 Å². The molecule has 1 aromatic carbocycles. The van der Waals surface area contributed by atoms with Crippen molar-refractivity contribution >= 4 is 11.5 Å². The van der Waals surface area contributed by atoms with Gasteiger partial charge in [0.25, 0.3) is 0 Å². The number of nitrogens with one attached hydrogen (secondary N) is 1. The summed E-state index contributed by atoms with van der Waals surface area (Å²) in [6.07, 6.45) is 0. The summed E-state index contributed by atoms with van der Waals surface area (Å²) in [5.41, 5.74) is 2.13. The molecule has 1 N–H and O–H groups in total. The Morgan fingerprint density at radius 1 is 1.24 bits per heavy atom. The van der Waals surface area contributed by atoms with Gasteiger partial charge in [0.1, 0.15) is 0 Å². The maximum Gasteiger partial charge on any atom is 0.231 e. The number of nitrogens with zero attached hydrogens (tertiary/aromatic N) is 2. The van der Waals surface area contributed by atoms with E-state index in [-0.39, 0.29) is 0 Å². The lowest BCUT2D eigenvalue weighted by Crippen LogP contribution is -2.12. The Kier molecular flexibility index (Phi) is 2.89. The van der Waals surface area contributed by atoms with Gasteiger partial charge in [0, 0.05) is 18.5 Å². The molecule has 17 heavy (non-hydrogen) atoms. The molecule has 1 aliphatic rings. The zero-order chi connectivity index (χ0) is 11.5. The molecule has 0 saturated heterocycles. The lowest BCUT2D eigenvalue weighted by Gasteiger charge is -2.04. The number of rotatable bonds is 4. The maximum atomic E-state index is 5.32. The van der Waals surface area contributed by atoms with Crippen molar-refractivity contribution < 1.29 is 9.47 Å². The van der Waals surface area contributed by atoms with Gasteiger partial charge < -0.3 is 14.8 Å². The van der Waals surface area contributed by atoms with Crippen LogP contribution in [0.3, 0.4) is 0 Å².